The van der Waals surface area contributed by atoms with Crippen LogP contribution in [0.3, 0.4) is 0 Å². The Balaban J connectivity index is 3.00. The SMILES string of the molecule is CCN(CC(C)(C)CN)c1ccc(S(=O)(=O)N(C)C)cn1. The lowest BCUT2D eigenvalue weighted by Gasteiger charge is -2.31. The Morgan fingerprint density at radius 2 is 1.90 bits per heavy atom. The average Bonchev–Trinajstić information content (AvgIpc) is 2.44. The lowest BCUT2D eigenvalue weighted by Crippen LogP contribution is -2.39. The van der Waals surface area contributed by atoms with E-state index in [1.165, 1.54) is 24.6 Å². The quantitative estimate of drug-likeness (QED) is 0.816. The molecule has 2 N–H and O–H groups in total. The molecule has 0 aliphatic rings. The Hall–Kier alpha value is -1.18. The highest BCUT2D eigenvalue weighted by molar-refractivity contribution is 7.89. The van der Waals surface area contributed by atoms with E-state index in [4.69, 9.17) is 5.73 Å². The van der Waals surface area contributed by atoms with Crippen molar-refractivity contribution in [3.8, 4) is 0 Å². The maximum atomic E-state index is 12.0. The fraction of sp³-hybridized carbons (Fsp3) is 0.643. The van der Waals surface area contributed by atoms with E-state index in [1.54, 1.807) is 12.1 Å². The summed E-state index contributed by atoms with van der Waals surface area (Å²) in [5.74, 6) is 0.761. The van der Waals surface area contributed by atoms with Gasteiger partial charge in [0.15, 0.2) is 0 Å². The van der Waals surface area contributed by atoms with Gasteiger partial charge >= 0.3 is 0 Å². The van der Waals surface area contributed by atoms with Gasteiger partial charge in [-0.3, -0.25) is 0 Å². The summed E-state index contributed by atoms with van der Waals surface area (Å²) < 4.78 is 25.2. The van der Waals surface area contributed by atoms with Crippen molar-refractivity contribution in [1.29, 1.82) is 0 Å². The number of aromatic nitrogens is 1. The van der Waals surface area contributed by atoms with E-state index in [0.29, 0.717) is 6.54 Å². The van der Waals surface area contributed by atoms with Crippen molar-refractivity contribution in [2.75, 3.05) is 38.6 Å². The molecule has 0 aliphatic carbocycles. The molecule has 7 heteroatoms. The molecule has 0 atom stereocenters. The molecule has 1 heterocycles. The van der Waals surface area contributed by atoms with Crippen LogP contribution in [0.2, 0.25) is 0 Å². The van der Waals surface area contributed by atoms with Crippen LogP contribution in [0, 0.1) is 5.41 Å². The van der Waals surface area contributed by atoms with Crippen molar-refractivity contribution in [2.24, 2.45) is 11.1 Å². The van der Waals surface area contributed by atoms with Gasteiger partial charge in [-0.1, -0.05) is 13.8 Å². The van der Waals surface area contributed by atoms with Gasteiger partial charge in [0.25, 0.3) is 0 Å². The smallest absolute Gasteiger partial charge is 0.244 e. The normalized spacial score (nSPS) is 12.7. The zero-order chi connectivity index (χ0) is 16.3. The molecular weight excluding hydrogens is 288 g/mol. The summed E-state index contributed by atoms with van der Waals surface area (Å²) in [4.78, 5) is 6.59. The molecule has 1 aromatic heterocycles. The maximum Gasteiger partial charge on any atom is 0.244 e. The first-order valence-electron chi connectivity index (χ1n) is 6.97. The first-order chi connectivity index (χ1) is 9.64. The maximum absolute atomic E-state index is 12.0. The summed E-state index contributed by atoms with van der Waals surface area (Å²) in [6, 6.07) is 3.34. The van der Waals surface area contributed by atoms with Crippen LogP contribution in [0.5, 0.6) is 0 Å². The van der Waals surface area contributed by atoms with Crippen LogP contribution in [0.1, 0.15) is 20.8 Å². The van der Waals surface area contributed by atoms with Crippen LogP contribution in [0.4, 0.5) is 5.82 Å². The number of hydrogen-bond acceptors (Lipinski definition) is 5. The van der Waals surface area contributed by atoms with Crippen LogP contribution >= 0.6 is 0 Å². The molecule has 0 amide bonds. The highest BCUT2D eigenvalue weighted by atomic mass is 32.2. The van der Waals surface area contributed by atoms with Gasteiger partial charge in [0.2, 0.25) is 10.0 Å². The first kappa shape index (κ1) is 17.9. The Kier molecular flexibility index (Phi) is 5.72. The second-order valence-electron chi connectivity index (χ2n) is 6.02. The molecule has 0 bridgehead atoms. The van der Waals surface area contributed by atoms with Crippen molar-refractivity contribution < 1.29 is 8.42 Å². The van der Waals surface area contributed by atoms with Crippen LogP contribution in [0.15, 0.2) is 23.2 Å². The third kappa shape index (κ3) is 4.39. The molecule has 0 aromatic carbocycles. The number of anilines is 1. The third-order valence-corrected chi connectivity index (χ3v) is 5.18. The molecule has 0 radical (unpaired) electrons. The van der Waals surface area contributed by atoms with E-state index in [-0.39, 0.29) is 10.3 Å². The standard InChI is InChI=1S/C14H26N4O2S/c1-6-18(11-14(2,3)10-15)13-8-7-12(9-16-13)21(19,20)17(4)5/h7-9H,6,10-11,15H2,1-5H3. The predicted molar refractivity (Wildman–Crippen MR) is 85.8 cm³/mol. The highest BCUT2D eigenvalue weighted by Crippen LogP contribution is 2.21. The van der Waals surface area contributed by atoms with Crippen molar-refractivity contribution in [1.82, 2.24) is 9.29 Å². The minimum absolute atomic E-state index is 0.0218. The molecule has 1 rings (SSSR count). The Morgan fingerprint density at radius 3 is 2.29 bits per heavy atom. The van der Waals surface area contributed by atoms with E-state index in [1.807, 2.05) is 6.92 Å². The fourth-order valence-electron chi connectivity index (χ4n) is 1.86. The number of nitrogens with zero attached hydrogens (tertiary/aromatic N) is 3. The lowest BCUT2D eigenvalue weighted by molar-refractivity contribution is 0.378. The van der Waals surface area contributed by atoms with Gasteiger partial charge in [0.05, 0.1) is 0 Å². The second kappa shape index (κ2) is 6.72. The van der Waals surface area contributed by atoms with Gasteiger partial charge < -0.3 is 10.6 Å². The first-order valence-corrected chi connectivity index (χ1v) is 8.41. The van der Waals surface area contributed by atoms with Gasteiger partial charge in [-0.05, 0) is 31.0 Å². The van der Waals surface area contributed by atoms with Gasteiger partial charge in [-0.25, -0.2) is 17.7 Å². The number of sulfonamides is 1. The molecule has 6 nitrogen and oxygen atoms in total. The number of hydrogen-bond donors (Lipinski definition) is 1. The average molecular weight is 314 g/mol. The minimum Gasteiger partial charge on any atom is -0.356 e. The molecule has 0 unspecified atom stereocenters. The molecule has 0 aliphatic heterocycles. The predicted octanol–water partition coefficient (Wildman–Crippen LogP) is 1.14. The number of pyridine rings is 1. The summed E-state index contributed by atoms with van der Waals surface area (Å²) in [7, 11) is -0.423. The second-order valence-corrected chi connectivity index (χ2v) is 8.17. The topological polar surface area (TPSA) is 79.5 Å². The molecule has 120 valence electrons. The Morgan fingerprint density at radius 1 is 1.29 bits per heavy atom. The number of nitrogens with two attached hydrogens (primary N) is 1. The summed E-state index contributed by atoms with van der Waals surface area (Å²) in [5, 5.41) is 0. The molecule has 0 saturated heterocycles. The van der Waals surface area contributed by atoms with E-state index in [0.717, 1.165) is 18.9 Å². The number of rotatable bonds is 7. The molecule has 0 saturated carbocycles. The molecular formula is C14H26N4O2S. The van der Waals surface area contributed by atoms with E-state index in [9.17, 15) is 8.42 Å². The Labute approximate surface area is 128 Å². The van der Waals surface area contributed by atoms with Gasteiger partial charge in [-0.15, -0.1) is 0 Å². The summed E-state index contributed by atoms with van der Waals surface area (Å²) in [5.41, 5.74) is 5.75. The Bertz CT molecular complexity index is 553. The van der Waals surface area contributed by atoms with Gasteiger partial charge in [0, 0.05) is 33.4 Å². The summed E-state index contributed by atoms with van der Waals surface area (Å²) >= 11 is 0. The van der Waals surface area contributed by atoms with Crippen molar-refractivity contribution >= 4 is 15.8 Å². The van der Waals surface area contributed by atoms with Gasteiger partial charge in [-0.2, -0.15) is 0 Å². The largest absolute Gasteiger partial charge is 0.356 e. The molecule has 21 heavy (non-hydrogen) atoms. The van der Waals surface area contributed by atoms with Crippen LogP contribution in [0.25, 0.3) is 0 Å². The molecule has 1 aromatic rings. The fourth-order valence-corrected chi connectivity index (χ4v) is 2.71. The van der Waals surface area contributed by atoms with Crippen molar-refractivity contribution in [3.63, 3.8) is 0 Å². The van der Waals surface area contributed by atoms with Crippen molar-refractivity contribution in [2.45, 2.75) is 25.7 Å². The van der Waals surface area contributed by atoms with Crippen LogP contribution in [-0.4, -0.2) is 51.4 Å². The van der Waals surface area contributed by atoms with Crippen LogP contribution in [-0.2, 0) is 10.0 Å². The zero-order valence-electron chi connectivity index (χ0n) is 13.5. The van der Waals surface area contributed by atoms with Gasteiger partial charge in [0.1, 0.15) is 10.7 Å². The molecule has 0 fully saturated rings. The lowest BCUT2D eigenvalue weighted by atomic mass is 9.93. The van der Waals surface area contributed by atoms with Crippen molar-refractivity contribution in [3.05, 3.63) is 18.3 Å². The molecule has 0 spiro atoms. The summed E-state index contributed by atoms with van der Waals surface area (Å²) in [6.45, 7) is 8.37. The monoisotopic (exact) mass is 314 g/mol. The third-order valence-electron chi connectivity index (χ3n) is 3.38. The zero-order valence-corrected chi connectivity index (χ0v) is 14.3. The van der Waals surface area contributed by atoms with E-state index in [2.05, 4.69) is 23.7 Å². The summed E-state index contributed by atoms with van der Waals surface area (Å²) in [6.07, 6.45) is 1.41. The van der Waals surface area contributed by atoms with Crippen LogP contribution < -0.4 is 10.6 Å². The minimum atomic E-state index is -3.43. The highest BCUT2D eigenvalue weighted by Gasteiger charge is 2.22. The van der Waals surface area contributed by atoms with E-state index < -0.39 is 10.0 Å². The van der Waals surface area contributed by atoms with E-state index >= 15 is 0 Å².